The van der Waals surface area contributed by atoms with Gasteiger partial charge in [0, 0.05) is 17.8 Å². The SMILES string of the molecule is CC1(C)Cc2c(sc(NC(=O)NCCc3ccccc3)c2C(N)=O)CO1. The normalized spacial score (nSPS) is 15.2. The van der Waals surface area contributed by atoms with E-state index in [2.05, 4.69) is 10.6 Å². The van der Waals surface area contributed by atoms with Gasteiger partial charge in [0.2, 0.25) is 0 Å². The Balaban J connectivity index is 1.66. The van der Waals surface area contributed by atoms with Crippen LogP contribution < -0.4 is 16.4 Å². The lowest BCUT2D eigenvalue weighted by molar-refractivity contribution is -0.0383. The van der Waals surface area contributed by atoms with Gasteiger partial charge in [0.25, 0.3) is 5.91 Å². The number of fused-ring (bicyclic) bond motifs is 1. The zero-order valence-electron chi connectivity index (χ0n) is 14.9. The number of primary amides is 1. The number of rotatable bonds is 5. The molecule has 0 fully saturated rings. The first-order chi connectivity index (χ1) is 12.4. The van der Waals surface area contributed by atoms with E-state index in [0.717, 1.165) is 22.4 Å². The van der Waals surface area contributed by atoms with Crippen LogP contribution in [0.5, 0.6) is 0 Å². The van der Waals surface area contributed by atoms with Gasteiger partial charge in [-0.15, -0.1) is 11.3 Å². The molecule has 0 radical (unpaired) electrons. The highest BCUT2D eigenvalue weighted by molar-refractivity contribution is 7.17. The lowest BCUT2D eigenvalue weighted by Gasteiger charge is -2.30. The fourth-order valence-electron chi connectivity index (χ4n) is 3.01. The molecule has 138 valence electrons. The van der Waals surface area contributed by atoms with Crippen LogP contribution in [-0.2, 0) is 24.2 Å². The van der Waals surface area contributed by atoms with E-state index in [1.54, 1.807) is 0 Å². The van der Waals surface area contributed by atoms with Crippen LogP contribution in [0.3, 0.4) is 0 Å². The Bertz CT molecular complexity index is 815. The zero-order valence-corrected chi connectivity index (χ0v) is 15.7. The largest absolute Gasteiger partial charge is 0.370 e. The summed E-state index contributed by atoms with van der Waals surface area (Å²) < 4.78 is 5.79. The van der Waals surface area contributed by atoms with Crippen molar-refractivity contribution in [3.63, 3.8) is 0 Å². The van der Waals surface area contributed by atoms with E-state index in [4.69, 9.17) is 10.5 Å². The summed E-state index contributed by atoms with van der Waals surface area (Å²) in [5.41, 5.74) is 7.66. The minimum absolute atomic E-state index is 0.345. The standard InChI is InChI=1S/C19H23N3O3S/c1-19(2)10-13-14(11-25-19)26-17(15(13)16(20)23)22-18(24)21-9-8-12-6-4-3-5-7-12/h3-7H,8-11H2,1-2H3,(H2,20,23)(H2,21,22,24). The highest BCUT2D eigenvalue weighted by Gasteiger charge is 2.33. The number of benzene rings is 1. The number of carbonyl (C=O) groups is 2. The van der Waals surface area contributed by atoms with Gasteiger partial charge in [0.05, 0.1) is 17.8 Å². The van der Waals surface area contributed by atoms with Gasteiger partial charge in [-0.25, -0.2) is 4.79 Å². The molecule has 1 aromatic carbocycles. The number of thiophene rings is 1. The molecule has 2 heterocycles. The van der Waals surface area contributed by atoms with Crippen LogP contribution in [0.1, 0.15) is 40.2 Å². The molecule has 26 heavy (non-hydrogen) atoms. The second kappa shape index (κ2) is 7.47. The number of ether oxygens (including phenoxy) is 1. The van der Waals surface area contributed by atoms with Crippen LogP contribution in [-0.4, -0.2) is 24.1 Å². The monoisotopic (exact) mass is 373 g/mol. The summed E-state index contributed by atoms with van der Waals surface area (Å²) >= 11 is 1.35. The van der Waals surface area contributed by atoms with Crippen LogP contribution in [0, 0.1) is 0 Å². The molecule has 1 aliphatic heterocycles. The second-order valence-corrected chi connectivity index (χ2v) is 8.02. The summed E-state index contributed by atoms with van der Waals surface area (Å²) in [4.78, 5) is 25.1. The molecule has 0 saturated heterocycles. The van der Waals surface area contributed by atoms with Crippen molar-refractivity contribution >= 4 is 28.3 Å². The molecule has 2 aromatic rings. The second-order valence-electron chi connectivity index (χ2n) is 6.91. The van der Waals surface area contributed by atoms with Gasteiger partial charge >= 0.3 is 6.03 Å². The molecule has 7 heteroatoms. The van der Waals surface area contributed by atoms with Crippen molar-refractivity contribution in [3.8, 4) is 0 Å². The number of carbonyl (C=O) groups excluding carboxylic acids is 2. The molecule has 0 aliphatic carbocycles. The van der Waals surface area contributed by atoms with Gasteiger partial charge in [-0.2, -0.15) is 0 Å². The molecule has 0 atom stereocenters. The van der Waals surface area contributed by atoms with Crippen LogP contribution in [0.15, 0.2) is 30.3 Å². The minimum atomic E-state index is -0.528. The number of hydrogen-bond donors (Lipinski definition) is 3. The van der Waals surface area contributed by atoms with Gasteiger partial charge in [-0.05, 0) is 31.4 Å². The molecule has 3 amide bonds. The molecule has 0 saturated carbocycles. The molecule has 0 spiro atoms. The van der Waals surface area contributed by atoms with E-state index in [1.807, 2.05) is 44.2 Å². The Morgan fingerprint density at radius 3 is 2.69 bits per heavy atom. The topological polar surface area (TPSA) is 93.5 Å². The first-order valence-corrected chi connectivity index (χ1v) is 9.34. The Morgan fingerprint density at radius 2 is 2.00 bits per heavy atom. The Labute approximate surface area is 156 Å². The van der Waals surface area contributed by atoms with E-state index >= 15 is 0 Å². The molecule has 0 unspecified atom stereocenters. The summed E-state index contributed by atoms with van der Waals surface area (Å²) in [6, 6.07) is 9.57. The summed E-state index contributed by atoms with van der Waals surface area (Å²) in [5.74, 6) is -0.528. The Hall–Kier alpha value is -2.38. The quantitative estimate of drug-likeness (QED) is 0.752. The third kappa shape index (κ3) is 4.23. The Morgan fingerprint density at radius 1 is 1.27 bits per heavy atom. The summed E-state index contributed by atoms with van der Waals surface area (Å²) in [7, 11) is 0. The molecule has 1 aromatic heterocycles. The van der Waals surface area contributed by atoms with Gasteiger partial charge in [-0.1, -0.05) is 30.3 Å². The predicted molar refractivity (Wildman–Crippen MR) is 103 cm³/mol. The van der Waals surface area contributed by atoms with Crippen molar-refractivity contribution in [2.75, 3.05) is 11.9 Å². The van der Waals surface area contributed by atoms with Crippen molar-refractivity contribution < 1.29 is 14.3 Å². The minimum Gasteiger partial charge on any atom is -0.370 e. The molecule has 0 bridgehead atoms. The van der Waals surface area contributed by atoms with Crippen molar-refractivity contribution in [1.82, 2.24) is 5.32 Å². The number of urea groups is 1. The summed E-state index contributed by atoms with van der Waals surface area (Å²) in [6.45, 7) is 4.87. The first-order valence-electron chi connectivity index (χ1n) is 8.53. The zero-order chi connectivity index (χ0) is 18.7. The molecule has 1 aliphatic rings. The maximum Gasteiger partial charge on any atom is 0.319 e. The van der Waals surface area contributed by atoms with Crippen molar-refractivity contribution in [2.45, 2.75) is 38.9 Å². The highest BCUT2D eigenvalue weighted by Crippen LogP contribution is 2.40. The van der Waals surface area contributed by atoms with E-state index in [1.165, 1.54) is 11.3 Å². The average molecular weight is 373 g/mol. The van der Waals surface area contributed by atoms with Crippen LogP contribution in [0.4, 0.5) is 9.80 Å². The third-order valence-corrected chi connectivity index (χ3v) is 5.42. The average Bonchev–Trinajstić information content (AvgIpc) is 2.91. The number of amides is 3. The lowest BCUT2D eigenvalue weighted by atomic mass is 9.93. The van der Waals surface area contributed by atoms with Gasteiger partial charge in [0.15, 0.2) is 0 Å². The number of nitrogens with one attached hydrogen (secondary N) is 2. The molecular formula is C19H23N3O3S. The van der Waals surface area contributed by atoms with Gasteiger partial charge in [0.1, 0.15) is 5.00 Å². The maximum atomic E-state index is 12.2. The third-order valence-electron chi connectivity index (χ3n) is 4.30. The Kier molecular flexibility index (Phi) is 5.29. The molecule has 6 nitrogen and oxygen atoms in total. The van der Waals surface area contributed by atoms with E-state index in [0.29, 0.717) is 30.1 Å². The van der Waals surface area contributed by atoms with Gasteiger partial charge in [-0.3, -0.25) is 10.1 Å². The van der Waals surface area contributed by atoms with Crippen LogP contribution in [0.2, 0.25) is 0 Å². The molecule has 3 rings (SSSR count). The highest BCUT2D eigenvalue weighted by atomic mass is 32.1. The van der Waals surface area contributed by atoms with E-state index < -0.39 is 5.91 Å². The maximum absolute atomic E-state index is 12.2. The van der Waals surface area contributed by atoms with Crippen molar-refractivity contribution in [2.24, 2.45) is 5.73 Å². The van der Waals surface area contributed by atoms with Crippen molar-refractivity contribution in [3.05, 3.63) is 51.9 Å². The van der Waals surface area contributed by atoms with Gasteiger partial charge < -0.3 is 15.8 Å². The summed E-state index contributed by atoms with van der Waals surface area (Å²) in [5, 5.41) is 6.08. The van der Waals surface area contributed by atoms with Crippen LogP contribution in [0.25, 0.3) is 0 Å². The number of anilines is 1. The fourth-order valence-corrected chi connectivity index (χ4v) is 4.15. The first kappa shape index (κ1) is 18.4. The predicted octanol–water partition coefficient (Wildman–Crippen LogP) is 3.06. The molecule has 4 N–H and O–H groups in total. The number of nitrogens with two attached hydrogens (primary N) is 1. The lowest BCUT2D eigenvalue weighted by Crippen LogP contribution is -2.33. The smallest absolute Gasteiger partial charge is 0.319 e. The van der Waals surface area contributed by atoms with E-state index in [-0.39, 0.29) is 11.6 Å². The van der Waals surface area contributed by atoms with Crippen LogP contribution >= 0.6 is 11.3 Å². The van der Waals surface area contributed by atoms with Crippen molar-refractivity contribution in [1.29, 1.82) is 0 Å². The fraction of sp³-hybridized carbons (Fsp3) is 0.368. The van der Waals surface area contributed by atoms with E-state index in [9.17, 15) is 9.59 Å². The summed E-state index contributed by atoms with van der Waals surface area (Å²) in [6.07, 6.45) is 1.33. The molecular weight excluding hydrogens is 350 g/mol. The number of hydrogen-bond acceptors (Lipinski definition) is 4.